The third-order valence-electron chi connectivity index (χ3n) is 4.05. The Balaban J connectivity index is 1.62. The number of epoxide rings is 2. The van der Waals surface area contributed by atoms with Crippen LogP contribution in [-0.4, -0.2) is 36.5 Å². The Kier molecular flexibility index (Phi) is 4.85. The van der Waals surface area contributed by atoms with Crippen molar-refractivity contribution in [1.82, 2.24) is 0 Å². The van der Waals surface area contributed by atoms with Crippen LogP contribution in [0.4, 0.5) is 0 Å². The fourth-order valence-electron chi connectivity index (χ4n) is 2.63. The summed E-state index contributed by atoms with van der Waals surface area (Å²) in [5, 5.41) is 0. The average Bonchev–Trinajstić information content (AvgIpc) is 3.25. The van der Waals surface area contributed by atoms with Gasteiger partial charge < -0.3 is 14.2 Å². The van der Waals surface area contributed by atoms with Gasteiger partial charge in [0.25, 0.3) is 0 Å². The summed E-state index contributed by atoms with van der Waals surface area (Å²) in [6, 6.07) is 0. The lowest BCUT2D eigenvalue weighted by Gasteiger charge is -2.15. The topological polar surface area (TPSA) is 51.4 Å². The summed E-state index contributed by atoms with van der Waals surface area (Å²) in [5.41, 5.74) is 0. The second kappa shape index (κ2) is 6.23. The molecule has 0 aromatic heterocycles. The number of hydrogen-bond donors (Lipinski definition) is 0. The van der Waals surface area contributed by atoms with E-state index in [4.69, 9.17) is 14.2 Å². The molecule has 2 aliphatic rings. The molecule has 0 bridgehead atoms. The molecule has 0 radical (unpaired) electrons. The highest BCUT2D eigenvalue weighted by atomic mass is 16.6. The molecule has 2 heterocycles. The molecule has 4 nitrogen and oxygen atoms in total. The van der Waals surface area contributed by atoms with Crippen LogP contribution in [0.15, 0.2) is 0 Å². The number of esters is 1. The largest absolute Gasteiger partial charge is 0.462 e. The molecular formula is C15H26O4. The van der Waals surface area contributed by atoms with Crippen LogP contribution in [0.25, 0.3) is 0 Å². The first kappa shape index (κ1) is 14.8. The Morgan fingerprint density at radius 3 is 2.00 bits per heavy atom. The minimum Gasteiger partial charge on any atom is -0.462 e. The molecule has 0 aromatic rings. The molecule has 19 heavy (non-hydrogen) atoms. The van der Waals surface area contributed by atoms with Crippen LogP contribution < -0.4 is 0 Å². The van der Waals surface area contributed by atoms with Gasteiger partial charge in [-0.15, -0.1) is 0 Å². The summed E-state index contributed by atoms with van der Waals surface area (Å²) < 4.78 is 16.4. The highest BCUT2D eigenvalue weighted by Crippen LogP contribution is 2.32. The third-order valence-corrected chi connectivity index (χ3v) is 4.05. The summed E-state index contributed by atoms with van der Waals surface area (Å²) in [5.74, 6) is -0.183. The highest BCUT2D eigenvalue weighted by molar-refractivity contribution is 5.72. The lowest BCUT2D eigenvalue weighted by atomic mass is 10.0. The lowest BCUT2D eigenvalue weighted by Crippen LogP contribution is -2.23. The van der Waals surface area contributed by atoms with Gasteiger partial charge in [0.15, 0.2) is 0 Å². The van der Waals surface area contributed by atoms with Crippen LogP contribution in [-0.2, 0) is 19.0 Å². The molecule has 2 rings (SSSR count). The molecule has 0 aliphatic carbocycles. The minimum absolute atomic E-state index is 0.0569. The first-order chi connectivity index (χ1) is 9.05. The second-order valence-corrected chi connectivity index (χ2v) is 5.86. The predicted octanol–water partition coefficient (Wildman–Crippen LogP) is 2.69. The maximum Gasteiger partial charge on any atom is 0.309 e. The second-order valence-electron chi connectivity index (χ2n) is 5.86. The fraction of sp³-hybridized carbons (Fsp3) is 0.933. The first-order valence-corrected chi connectivity index (χ1v) is 7.56. The Morgan fingerprint density at radius 2 is 1.53 bits per heavy atom. The van der Waals surface area contributed by atoms with Crippen molar-refractivity contribution in [3.05, 3.63) is 0 Å². The molecule has 2 fully saturated rings. The van der Waals surface area contributed by atoms with Crippen LogP contribution in [0.2, 0.25) is 0 Å². The molecule has 2 saturated heterocycles. The zero-order valence-corrected chi connectivity index (χ0v) is 12.4. The van der Waals surface area contributed by atoms with E-state index in [1.807, 2.05) is 13.8 Å². The van der Waals surface area contributed by atoms with E-state index in [1.54, 1.807) is 0 Å². The van der Waals surface area contributed by atoms with Gasteiger partial charge in [0.1, 0.15) is 6.10 Å². The zero-order valence-electron chi connectivity index (χ0n) is 12.4. The van der Waals surface area contributed by atoms with Crippen molar-refractivity contribution in [2.24, 2.45) is 5.92 Å². The van der Waals surface area contributed by atoms with Gasteiger partial charge in [-0.05, 0) is 26.2 Å². The third kappa shape index (κ3) is 4.18. The van der Waals surface area contributed by atoms with Gasteiger partial charge in [0.2, 0.25) is 0 Å². The number of hydrogen-bond acceptors (Lipinski definition) is 4. The molecular weight excluding hydrogens is 244 g/mol. The maximum absolute atomic E-state index is 11.9. The molecule has 2 aliphatic heterocycles. The van der Waals surface area contributed by atoms with Crippen LogP contribution in [0.3, 0.4) is 0 Å². The van der Waals surface area contributed by atoms with Crippen LogP contribution >= 0.6 is 0 Å². The number of carbonyl (C=O) groups is 1. The Hall–Kier alpha value is -0.610. The molecule has 0 amide bonds. The van der Waals surface area contributed by atoms with Crippen molar-refractivity contribution in [1.29, 1.82) is 0 Å². The Morgan fingerprint density at radius 1 is 1.00 bits per heavy atom. The van der Waals surface area contributed by atoms with Gasteiger partial charge in [0, 0.05) is 6.42 Å². The van der Waals surface area contributed by atoms with E-state index in [9.17, 15) is 4.79 Å². The van der Waals surface area contributed by atoms with Gasteiger partial charge in [-0.25, -0.2) is 0 Å². The summed E-state index contributed by atoms with van der Waals surface area (Å²) in [6.45, 7) is 8.09. The normalized spacial score (nSPS) is 35.6. The van der Waals surface area contributed by atoms with Gasteiger partial charge >= 0.3 is 5.97 Å². The average molecular weight is 270 g/mol. The highest BCUT2D eigenvalue weighted by Gasteiger charge is 2.40. The fourth-order valence-corrected chi connectivity index (χ4v) is 2.63. The molecule has 6 atom stereocenters. The molecule has 0 aromatic carbocycles. The van der Waals surface area contributed by atoms with E-state index in [0.29, 0.717) is 18.3 Å². The van der Waals surface area contributed by atoms with Crippen molar-refractivity contribution in [2.75, 3.05) is 0 Å². The van der Waals surface area contributed by atoms with Gasteiger partial charge in [-0.3, -0.25) is 4.79 Å². The summed E-state index contributed by atoms with van der Waals surface area (Å²) >= 11 is 0. The van der Waals surface area contributed by atoms with E-state index in [0.717, 1.165) is 25.7 Å². The molecule has 4 heteroatoms. The SMILES string of the molecule is CCC1OC1CC(C)OC(=O)C(C)CC1OC1CC. The van der Waals surface area contributed by atoms with Crippen LogP contribution in [0, 0.1) is 5.92 Å². The van der Waals surface area contributed by atoms with E-state index in [2.05, 4.69) is 13.8 Å². The number of carbonyl (C=O) groups excluding carboxylic acids is 1. The smallest absolute Gasteiger partial charge is 0.309 e. The molecule has 0 spiro atoms. The van der Waals surface area contributed by atoms with Gasteiger partial charge in [-0.1, -0.05) is 20.8 Å². The summed E-state index contributed by atoms with van der Waals surface area (Å²) in [4.78, 5) is 11.9. The van der Waals surface area contributed by atoms with Gasteiger partial charge in [-0.2, -0.15) is 0 Å². The lowest BCUT2D eigenvalue weighted by molar-refractivity contribution is -0.153. The molecule has 0 saturated carbocycles. The van der Waals surface area contributed by atoms with Crippen molar-refractivity contribution < 1.29 is 19.0 Å². The van der Waals surface area contributed by atoms with Crippen molar-refractivity contribution >= 4 is 5.97 Å². The molecule has 6 unspecified atom stereocenters. The Labute approximate surface area is 115 Å². The van der Waals surface area contributed by atoms with Crippen molar-refractivity contribution in [3.8, 4) is 0 Å². The zero-order chi connectivity index (χ0) is 14.0. The number of rotatable bonds is 8. The number of ether oxygens (including phenoxy) is 3. The minimum atomic E-state index is -0.105. The maximum atomic E-state index is 11.9. The van der Waals surface area contributed by atoms with Gasteiger partial charge in [0.05, 0.1) is 30.3 Å². The van der Waals surface area contributed by atoms with Crippen molar-refractivity contribution in [3.63, 3.8) is 0 Å². The van der Waals surface area contributed by atoms with E-state index in [-0.39, 0.29) is 24.1 Å². The summed E-state index contributed by atoms with van der Waals surface area (Å²) in [6.07, 6.45) is 4.90. The standard InChI is InChI=1S/C15H26O4/c1-5-11-13(18-11)7-9(3)15(16)17-10(4)8-14-12(6-2)19-14/h9-14H,5-8H2,1-4H3. The van der Waals surface area contributed by atoms with Crippen molar-refractivity contribution in [2.45, 2.75) is 83.9 Å². The molecule has 0 N–H and O–H groups in total. The summed E-state index contributed by atoms with van der Waals surface area (Å²) in [7, 11) is 0. The predicted molar refractivity (Wildman–Crippen MR) is 71.9 cm³/mol. The first-order valence-electron chi connectivity index (χ1n) is 7.56. The van der Waals surface area contributed by atoms with E-state index in [1.165, 1.54) is 0 Å². The quantitative estimate of drug-likeness (QED) is 0.502. The van der Waals surface area contributed by atoms with E-state index < -0.39 is 0 Å². The Bertz CT molecular complexity index is 317. The molecule has 110 valence electrons. The van der Waals surface area contributed by atoms with E-state index >= 15 is 0 Å². The van der Waals surface area contributed by atoms with Crippen LogP contribution in [0.1, 0.15) is 53.4 Å². The monoisotopic (exact) mass is 270 g/mol. The van der Waals surface area contributed by atoms with Crippen LogP contribution in [0.5, 0.6) is 0 Å².